The van der Waals surface area contributed by atoms with Crippen molar-refractivity contribution in [1.82, 2.24) is 4.31 Å². The van der Waals surface area contributed by atoms with E-state index in [4.69, 9.17) is 8.60 Å². The molecule has 0 aliphatic carbocycles. The minimum atomic E-state index is -4.21. The molecule has 7 nitrogen and oxygen atoms in total. The van der Waals surface area contributed by atoms with E-state index in [1.807, 2.05) is 6.92 Å². The summed E-state index contributed by atoms with van der Waals surface area (Å²) in [7, 11) is -8.11. The minimum Gasteiger partial charge on any atom is -0.468 e. The highest BCUT2D eigenvalue weighted by molar-refractivity contribution is 7.89. The molecule has 0 fully saturated rings. The molecule has 0 aliphatic rings. The quantitative estimate of drug-likeness (QED) is 0.295. The molecule has 10 heteroatoms. The first-order valence-electron chi connectivity index (χ1n) is 10.5. The van der Waals surface area contributed by atoms with Crippen LogP contribution in [0.4, 0.5) is 4.39 Å². The predicted molar refractivity (Wildman–Crippen MR) is 127 cm³/mol. The lowest BCUT2D eigenvalue weighted by Crippen LogP contribution is -2.30. The number of rotatable bonds is 9. The van der Waals surface area contributed by atoms with Crippen LogP contribution in [0.25, 0.3) is 0 Å². The van der Waals surface area contributed by atoms with Crippen LogP contribution in [0.5, 0.6) is 5.75 Å². The van der Waals surface area contributed by atoms with Crippen molar-refractivity contribution in [3.63, 3.8) is 0 Å². The number of halogens is 1. The number of nitrogens with zero attached hydrogens (tertiary/aromatic N) is 1. The molecule has 0 spiro atoms. The number of hydrogen-bond donors (Lipinski definition) is 0. The van der Waals surface area contributed by atoms with Gasteiger partial charge >= 0.3 is 10.1 Å². The van der Waals surface area contributed by atoms with E-state index in [0.717, 1.165) is 29.8 Å². The van der Waals surface area contributed by atoms with Crippen LogP contribution in [0.3, 0.4) is 0 Å². The summed E-state index contributed by atoms with van der Waals surface area (Å²) in [5, 5.41) is 0. The van der Waals surface area contributed by atoms with Gasteiger partial charge in [0.15, 0.2) is 0 Å². The molecule has 0 saturated carbocycles. The van der Waals surface area contributed by atoms with Crippen LogP contribution in [0.2, 0.25) is 0 Å². The molecule has 0 saturated heterocycles. The van der Waals surface area contributed by atoms with E-state index >= 15 is 0 Å². The maximum absolute atomic E-state index is 13.4. The summed E-state index contributed by atoms with van der Waals surface area (Å²) in [6.45, 7) is 1.77. The molecule has 0 bridgehead atoms. The SMILES string of the molecule is Cc1ccc(S(=O)(=O)N(Cc2cccc(OS(=O)(=O)c3ccc(F)cc3)c2)Cc2ccco2)cc1. The first kappa shape index (κ1) is 24.6. The van der Waals surface area contributed by atoms with Gasteiger partial charge in [0, 0.05) is 6.54 Å². The van der Waals surface area contributed by atoms with Gasteiger partial charge in [-0.05, 0) is 73.2 Å². The third-order valence-corrected chi connectivity index (χ3v) is 8.20. The highest BCUT2D eigenvalue weighted by atomic mass is 32.2. The number of aryl methyl sites for hydroxylation is 1. The van der Waals surface area contributed by atoms with Gasteiger partial charge in [0.1, 0.15) is 22.2 Å². The van der Waals surface area contributed by atoms with Gasteiger partial charge in [0.05, 0.1) is 17.7 Å². The maximum atomic E-state index is 13.4. The van der Waals surface area contributed by atoms with Crippen molar-refractivity contribution in [1.29, 1.82) is 0 Å². The molecule has 0 N–H and O–H groups in total. The highest BCUT2D eigenvalue weighted by Gasteiger charge is 2.26. The molecule has 3 aromatic carbocycles. The Balaban J connectivity index is 1.61. The van der Waals surface area contributed by atoms with Gasteiger partial charge in [-0.1, -0.05) is 29.8 Å². The van der Waals surface area contributed by atoms with Crippen molar-refractivity contribution in [3.05, 3.63) is 114 Å². The van der Waals surface area contributed by atoms with Gasteiger partial charge < -0.3 is 8.60 Å². The normalized spacial score (nSPS) is 12.1. The summed E-state index contributed by atoms with van der Waals surface area (Å²) >= 11 is 0. The van der Waals surface area contributed by atoms with Crippen LogP contribution in [-0.2, 0) is 33.2 Å². The molecule has 0 atom stereocenters. The van der Waals surface area contributed by atoms with Gasteiger partial charge in [0.25, 0.3) is 0 Å². The Hall–Kier alpha value is -3.47. The molecule has 0 radical (unpaired) electrons. The van der Waals surface area contributed by atoms with Crippen LogP contribution < -0.4 is 4.18 Å². The third kappa shape index (κ3) is 5.97. The molecule has 4 rings (SSSR count). The van der Waals surface area contributed by atoms with Crippen molar-refractivity contribution < 1.29 is 29.8 Å². The van der Waals surface area contributed by atoms with Crippen molar-refractivity contribution >= 4 is 20.1 Å². The zero-order valence-electron chi connectivity index (χ0n) is 18.7. The number of hydrogen-bond acceptors (Lipinski definition) is 6. The van der Waals surface area contributed by atoms with Crippen LogP contribution in [-0.4, -0.2) is 21.1 Å². The summed E-state index contributed by atoms with van der Waals surface area (Å²) in [5.74, 6) is -0.123. The van der Waals surface area contributed by atoms with Crippen LogP contribution in [0.15, 0.2) is 105 Å². The van der Waals surface area contributed by atoms with Crippen molar-refractivity contribution in [3.8, 4) is 5.75 Å². The fourth-order valence-electron chi connectivity index (χ4n) is 3.34. The summed E-state index contributed by atoms with van der Waals surface area (Å²) < 4.78 is 76.9. The van der Waals surface area contributed by atoms with E-state index in [0.29, 0.717) is 11.3 Å². The maximum Gasteiger partial charge on any atom is 0.339 e. The van der Waals surface area contributed by atoms with Gasteiger partial charge in [-0.2, -0.15) is 12.7 Å². The summed E-state index contributed by atoms with van der Waals surface area (Å²) in [6, 6.07) is 20.2. The average Bonchev–Trinajstić information content (AvgIpc) is 3.32. The second kappa shape index (κ2) is 10.0. The van der Waals surface area contributed by atoms with E-state index in [2.05, 4.69) is 0 Å². The molecule has 4 aromatic rings. The molecule has 0 aliphatic heterocycles. The first-order valence-corrected chi connectivity index (χ1v) is 13.4. The zero-order chi connectivity index (χ0) is 25.1. The van der Waals surface area contributed by atoms with E-state index in [1.165, 1.54) is 34.8 Å². The Labute approximate surface area is 203 Å². The van der Waals surface area contributed by atoms with E-state index in [1.54, 1.807) is 36.4 Å². The van der Waals surface area contributed by atoms with E-state index in [9.17, 15) is 21.2 Å². The second-order valence-electron chi connectivity index (χ2n) is 7.80. The molecular weight excluding hydrogens is 493 g/mol. The standard InChI is InChI=1S/C25H22FNO6S2/c1-19-7-11-24(12-8-19)34(28,29)27(18-23-6-3-15-32-23)17-20-4-2-5-22(16-20)33-35(30,31)25-13-9-21(26)10-14-25/h2-16H,17-18H2,1H3. The second-order valence-corrected chi connectivity index (χ2v) is 11.3. The predicted octanol–water partition coefficient (Wildman–Crippen LogP) is 4.89. The summed E-state index contributed by atoms with van der Waals surface area (Å²) in [5.41, 5.74) is 1.42. The van der Waals surface area contributed by atoms with Crippen molar-refractivity contribution in [2.24, 2.45) is 0 Å². The van der Waals surface area contributed by atoms with Crippen molar-refractivity contribution in [2.75, 3.05) is 0 Å². The van der Waals surface area contributed by atoms with Gasteiger partial charge in [0.2, 0.25) is 10.0 Å². The van der Waals surface area contributed by atoms with E-state index < -0.39 is 26.0 Å². The van der Waals surface area contributed by atoms with Gasteiger partial charge in [-0.15, -0.1) is 0 Å². The molecular formula is C25H22FNO6S2. The number of furan rings is 1. The minimum absolute atomic E-state index is 0.00231. The Morgan fingerprint density at radius 1 is 0.829 bits per heavy atom. The average molecular weight is 516 g/mol. The monoisotopic (exact) mass is 515 g/mol. The highest BCUT2D eigenvalue weighted by Crippen LogP contribution is 2.25. The Kier molecular flexibility index (Phi) is 7.06. The molecule has 0 amide bonds. The Bertz CT molecular complexity index is 1500. The summed E-state index contributed by atoms with van der Waals surface area (Å²) in [4.78, 5) is -0.0772. The lowest BCUT2D eigenvalue weighted by molar-refractivity contribution is 0.358. The zero-order valence-corrected chi connectivity index (χ0v) is 20.3. The smallest absolute Gasteiger partial charge is 0.339 e. The van der Waals surface area contributed by atoms with Gasteiger partial charge in [-0.25, -0.2) is 12.8 Å². The van der Waals surface area contributed by atoms with E-state index in [-0.39, 0.29) is 28.6 Å². The van der Waals surface area contributed by atoms with Gasteiger partial charge in [-0.3, -0.25) is 0 Å². The third-order valence-electron chi connectivity index (χ3n) is 5.14. The van der Waals surface area contributed by atoms with Crippen LogP contribution in [0, 0.1) is 12.7 Å². The van der Waals surface area contributed by atoms with Crippen LogP contribution in [0.1, 0.15) is 16.9 Å². The Morgan fingerprint density at radius 2 is 1.51 bits per heavy atom. The fourth-order valence-corrected chi connectivity index (χ4v) is 5.65. The topological polar surface area (TPSA) is 93.9 Å². The van der Waals surface area contributed by atoms with Crippen LogP contribution >= 0.6 is 0 Å². The molecule has 1 heterocycles. The summed E-state index contributed by atoms with van der Waals surface area (Å²) in [6.07, 6.45) is 1.46. The molecule has 35 heavy (non-hydrogen) atoms. The molecule has 0 unspecified atom stereocenters. The van der Waals surface area contributed by atoms with Crippen molar-refractivity contribution in [2.45, 2.75) is 29.8 Å². The molecule has 182 valence electrons. The lowest BCUT2D eigenvalue weighted by Gasteiger charge is -2.22. The Morgan fingerprint density at radius 3 is 2.17 bits per heavy atom. The number of sulfonamides is 1. The first-order chi connectivity index (χ1) is 16.6. The lowest BCUT2D eigenvalue weighted by atomic mass is 10.2. The number of benzene rings is 3. The molecule has 1 aromatic heterocycles. The fraction of sp³-hybridized carbons (Fsp3) is 0.120. The largest absolute Gasteiger partial charge is 0.468 e.